The Kier molecular flexibility index (Phi) is 12.7. The first-order valence-corrected chi connectivity index (χ1v) is 21.5. The standard InChI is InChI=1S/C47H36N14O6S/c48-28-12-19-39(38(50)22-28)57-55-31-4-3-5-32(23-31)56-61-46-40(20-18-37(49)44(46)51)58-59-41-25-43(68(65,66)67)45(35-7-2-1-6-34(35)41)60-53-30-15-10-27(11-16-30)26-8-13-29(14-9-26)52-54-33-17-21-42(62)36(24-33)47(63)64/h1-25,62H,48-51H2,(H,63,64)(H,65,66,67). The fraction of sp³-hybridized carbons (Fsp3) is 0. The molecule has 0 aromatic heterocycles. The van der Waals surface area contributed by atoms with Crippen LogP contribution >= 0.6 is 0 Å². The second kappa shape index (κ2) is 19.2. The lowest BCUT2D eigenvalue weighted by Crippen LogP contribution is -1.99. The van der Waals surface area contributed by atoms with Gasteiger partial charge in [0.25, 0.3) is 10.1 Å². The summed E-state index contributed by atoms with van der Waals surface area (Å²) in [5, 5.41) is 62.4. The van der Waals surface area contributed by atoms with Crippen LogP contribution in [0.5, 0.6) is 5.75 Å². The highest BCUT2D eigenvalue weighted by atomic mass is 32.2. The number of anilines is 4. The van der Waals surface area contributed by atoms with Crippen molar-refractivity contribution in [3.63, 3.8) is 0 Å². The van der Waals surface area contributed by atoms with E-state index >= 15 is 0 Å². The van der Waals surface area contributed by atoms with Crippen molar-refractivity contribution in [2.75, 3.05) is 22.9 Å². The van der Waals surface area contributed by atoms with Gasteiger partial charge in [-0.1, -0.05) is 54.6 Å². The first-order chi connectivity index (χ1) is 32.7. The second-order valence-electron chi connectivity index (χ2n) is 14.6. The van der Waals surface area contributed by atoms with Crippen LogP contribution in [-0.4, -0.2) is 29.2 Å². The van der Waals surface area contributed by atoms with Crippen molar-refractivity contribution < 1.29 is 28.0 Å². The Hall–Kier alpha value is -9.60. The molecule has 0 aliphatic rings. The lowest BCUT2D eigenvalue weighted by Gasteiger charge is -2.10. The van der Waals surface area contributed by atoms with Crippen LogP contribution in [0.1, 0.15) is 10.4 Å². The first kappa shape index (κ1) is 45.0. The summed E-state index contributed by atoms with van der Waals surface area (Å²) in [4.78, 5) is 10.8. The number of benzene rings is 8. The van der Waals surface area contributed by atoms with Crippen molar-refractivity contribution in [3.05, 3.63) is 157 Å². The molecule has 0 aliphatic carbocycles. The molecular weight excluding hydrogens is 889 g/mol. The monoisotopic (exact) mass is 924 g/mol. The number of nitrogen functional groups attached to an aromatic ring is 4. The maximum Gasteiger partial charge on any atom is 0.339 e. The summed E-state index contributed by atoms with van der Waals surface area (Å²) in [6.07, 6.45) is 0. The normalized spacial score (nSPS) is 12.1. The number of nitrogens with zero attached hydrogens (tertiary/aromatic N) is 10. The smallest absolute Gasteiger partial charge is 0.339 e. The zero-order valence-corrected chi connectivity index (χ0v) is 36.0. The van der Waals surface area contributed by atoms with Crippen LogP contribution in [0.3, 0.4) is 0 Å². The molecule has 0 atom stereocenters. The van der Waals surface area contributed by atoms with Gasteiger partial charge in [0.2, 0.25) is 0 Å². The van der Waals surface area contributed by atoms with Crippen LogP contribution in [0, 0.1) is 0 Å². The quantitative estimate of drug-likeness (QED) is 0.0325. The van der Waals surface area contributed by atoms with Crippen LogP contribution in [0.15, 0.2) is 208 Å². The number of azo groups is 5. The summed E-state index contributed by atoms with van der Waals surface area (Å²) in [7, 11) is -4.89. The molecule has 0 heterocycles. The van der Waals surface area contributed by atoms with E-state index in [1.165, 1.54) is 30.3 Å². The Morgan fingerprint density at radius 3 is 1.63 bits per heavy atom. The number of nitrogens with two attached hydrogens (primary N) is 4. The van der Waals surface area contributed by atoms with Crippen LogP contribution in [0.2, 0.25) is 0 Å². The van der Waals surface area contributed by atoms with E-state index in [0.717, 1.165) is 17.2 Å². The van der Waals surface area contributed by atoms with E-state index in [0.29, 0.717) is 50.6 Å². The van der Waals surface area contributed by atoms with Crippen LogP contribution < -0.4 is 22.9 Å². The van der Waals surface area contributed by atoms with Crippen molar-refractivity contribution in [1.29, 1.82) is 0 Å². The second-order valence-corrected chi connectivity index (χ2v) is 16.0. The molecule has 20 nitrogen and oxygen atoms in total. The molecule has 0 bridgehead atoms. The molecule has 0 unspecified atom stereocenters. The number of hydrogen-bond donors (Lipinski definition) is 7. The average molecular weight is 925 g/mol. The lowest BCUT2D eigenvalue weighted by atomic mass is 10.1. The topological polar surface area (TPSA) is 340 Å². The van der Waals surface area contributed by atoms with Gasteiger partial charge in [0.15, 0.2) is 0 Å². The van der Waals surface area contributed by atoms with Gasteiger partial charge < -0.3 is 33.1 Å². The molecule has 11 N–H and O–H groups in total. The van der Waals surface area contributed by atoms with Gasteiger partial charge in [0.05, 0.1) is 51.2 Å². The third kappa shape index (κ3) is 10.3. The van der Waals surface area contributed by atoms with Crippen molar-refractivity contribution in [1.82, 2.24) is 0 Å². The lowest BCUT2D eigenvalue weighted by molar-refractivity contribution is 0.0693. The molecule has 21 heteroatoms. The van der Waals surface area contributed by atoms with E-state index in [-0.39, 0.29) is 51.1 Å². The number of carbonyl (C=O) groups is 1. The highest BCUT2D eigenvalue weighted by molar-refractivity contribution is 7.86. The minimum absolute atomic E-state index is 0.0646. The van der Waals surface area contributed by atoms with E-state index in [1.54, 1.807) is 103 Å². The van der Waals surface area contributed by atoms with Gasteiger partial charge in [-0.25, -0.2) is 4.79 Å². The minimum Gasteiger partial charge on any atom is -0.507 e. The van der Waals surface area contributed by atoms with Crippen LogP contribution in [0.25, 0.3) is 21.9 Å². The summed E-state index contributed by atoms with van der Waals surface area (Å²) in [6.45, 7) is 0. The number of aromatic carboxylic acids is 1. The van der Waals surface area contributed by atoms with Gasteiger partial charge in [-0.2, -0.15) is 34.0 Å². The number of carboxylic acid groups (broad SMARTS) is 1. The third-order valence-corrected chi connectivity index (χ3v) is 10.8. The summed E-state index contributed by atoms with van der Waals surface area (Å²) < 4.78 is 36.3. The van der Waals surface area contributed by atoms with Crippen molar-refractivity contribution >= 4 is 106 Å². The van der Waals surface area contributed by atoms with Crippen molar-refractivity contribution in [2.45, 2.75) is 4.90 Å². The molecule has 8 rings (SSSR count). The van der Waals surface area contributed by atoms with Gasteiger partial charge in [-0.3, -0.25) is 4.55 Å². The maximum atomic E-state index is 12.9. The molecule has 68 heavy (non-hydrogen) atoms. The molecule has 0 fully saturated rings. The van der Waals surface area contributed by atoms with Crippen molar-refractivity contribution in [3.8, 4) is 16.9 Å². The molecule has 0 amide bonds. The molecule has 0 aliphatic heterocycles. The van der Waals surface area contributed by atoms with Crippen molar-refractivity contribution in [2.24, 2.45) is 51.1 Å². The minimum atomic E-state index is -4.89. The largest absolute Gasteiger partial charge is 0.507 e. The number of phenols is 1. The predicted octanol–water partition coefficient (Wildman–Crippen LogP) is 13.6. The Labute approximate surface area is 386 Å². The SMILES string of the molecule is Nc1ccc(N=Nc2cccc(N=Nc3c(N=Nc4cc(S(=O)(=O)O)c(N=Nc5ccc(-c6ccc(N=Nc7ccc(O)c(C(=O)O)c7)cc6)cc5)c5ccccc45)ccc(N)c3N)c2)c(N)c1. The van der Waals surface area contributed by atoms with E-state index < -0.39 is 21.0 Å². The van der Waals surface area contributed by atoms with Crippen LogP contribution in [0.4, 0.5) is 79.6 Å². The number of hydrogen-bond acceptors (Lipinski definition) is 18. The van der Waals surface area contributed by atoms with Gasteiger partial charge in [-0.05, 0) is 108 Å². The van der Waals surface area contributed by atoms with Crippen LogP contribution in [-0.2, 0) is 10.1 Å². The molecule has 8 aromatic carbocycles. The summed E-state index contributed by atoms with van der Waals surface area (Å²) in [5.41, 5.74) is 29.3. The predicted molar refractivity (Wildman–Crippen MR) is 259 cm³/mol. The first-order valence-electron chi connectivity index (χ1n) is 20.0. The van der Waals surface area contributed by atoms with Gasteiger partial charge in [-0.15, -0.1) is 25.6 Å². The molecule has 8 aromatic rings. The number of rotatable bonds is 13. The van der Waals surface area contributed by atoms with Gasteiger partial charge in [0, 0.05) is 16.5 Å². The molecule has 0 spiro atoms. The Morgan fingerprint density at radius 1 is 0.456 bits per heavy atom. The molecular formula is C47H36N14O6S. The number of fused-ring (bicyclic) bond motifs is 1. The highest BCUT2D eigenvalue weighted by Crippen LogP contribution is 2.43. The maximum absolute atomic E-state index is 12.9. The zero-order valence-electron chi connectivity index (χ0n) is 35.2. The van der Waals surface area contributed by atoms with Gasteiger partial charge >= 0.3 is 5.97 Å². The summed E-state index contributed by atoms with van der Waals surface area (Å²) in [6, 6.07) is 40.4. The fourth-order valence-corrected chi connectivity index (χ4v) is 7.18. The van der Waals surface area contributed by atoms with E-state index in [1.807, 2.05) is 12.1 Å². The van der Waals surface area contributed by atoms with Gasteiger partial charge in [0.1, 0.15) is 39.0 Å². The van der Waals surface area contributed by atoms with E-state index in [9.17, 15) is 28.0 Å². The summed E-state index contributed by atoms with van der Waals surface area (Å²) >= 11 is 0. The zero-order chi connectivity index (χ0) is 48.0. The van der Waals surface area contributed by atoms with E-state index in [2.05, 4.69) is 51.1 Å². The number of aromatic hydroxyl groups is 1. The Bertz CT molecular complexity index is 3530. The molecule has 0 radical (unpaired) electrons. The highest BCUT2D eigenvalue weighted by Gasteiger charge is 2.22. The molecule has 0 saturated carbocycles. The molecule has 336 valence electrons. The molecule has 0 saturated heterocycles. The average Bonchev–Trinajstić information content (AvgIpc) is 3.33. The third-order valence-electron chi connectivity index (χ3n) is 9.98. The Morgan fingerprint density at radius 2 is 0.985 bits per heavy atom. The number of carboxylic acids is 1. The Balaban J connectivity index is 1.03. The fourth-order valence-electron chi connectivity index (χ4n) is 6.53. The summed E-state index contributed by atoms with van der Waals surface area (Å²) in [5.74, 6) is -1.66. The van der Waals surface area contributed by atoms with E-state index in [4.69, 9.17) is 22.9 Å².